The number of ether oxygens (including phenoxy) is 1. The molecule has 5 rings (SSSR count). The molecule has 37 heavy (non-hydrogen) atoms. The Kier molecular flexibility index (Phi) is 7.33. The van der Waals surface area contributed by atoms with E-state index in [4.69, 9.17) is 16.3 Å². The minimum absolute atomic E-state index is 0.00458. The van der Waals surface area contributed by atoms with Gasteiger partial charge < -0.3 is 14.5 Å². The molecule has 0 bridgehead atoms. The first-order valence-corrected chi connectivity index (χ1v) is 12.9. The van der Waals surface area contributed by atoms with Crippen molar-refractivity contribution in [2.45, 2.75) is 32.0 Å². The molecule has 0 saturated heterocycles. The van der Waals surface area contributed by atoms with Gasteiger partial charge in [0.2, 0.25) is 5.91 Å². The number of rotatable bonds is 7. The fraction of sp³-hybridized carbons (Fsp3) is 0.393. The van der Waals surface area contributed by atoms with E-state index >= 15 is 0 Å². The summed E-state index contributed by atoms with van der Waals surface area (Å²) in [5.41, 5.74) is 5.40. The number of amides is 1. The van der Waals surface area contributed by atoms with E-state index in [0.717, 1.165) is 42.8 Å². The summed E-state index contributed by atoms with van der Waals surface area (Å²) in [4.78, 5) is 31.4. The maximum absolute atomic E-state index is 13.6. The van der Waals surface area contributed by atoms with Gasteiger partial charge in [-0.3, -0.25) is 14.5 Å². The Labute approximate surface area is 222 Å². The van der Waals surface area contributed by atoms with Gasteiger partial charge in [0.25, 0.3) is 0 Å². The van der Waals surface area contributed by atoms with Crippen LogP contribution in [0.4, 0.5) is 5.69 Å². The van der Waals surface area contributed by atoms with Crippen molar-refractivity contribution >= 4 is 29.5 Å². The fourth-order valence-electron chi connectivity index (χ4n) is 5.26. The van der Waals surface area contributed by atoms with Gasteiger partial charge in [0, 0.05) is 32.2 Å². The first-order chi connectivity index (χ1) is 17.9. The average molecular weight is 522 g/mol. The van der Waals surface area contributed by atoms with E-state index in [1.165, 1.54) is 11.1 Å². The summed E-state index contributed by atoms with van der Waals surface area (Å²) in [5.74, 6) is 0.749. The molecule has 1 amide bonds. The van der Waals surface area contributed by atoms with Crippen LogP contribution >= 0.6 is 11.6 Å². The van der Waals surface area contributed by atoms with Crippen LogP contribution in [0.25, 0.3) is 0 Å². The van der Waals surface area contributed by atoms with E-state index in [1.54, 1.807) is 9.58 Å². The number of likely N-dealkylation sites (N-methyl/N-ethyl adjacent to an activating group) is 3. The number of hydrogen-bond donors (Lipinski definition) is 0. The van der Waals surface area contributed by atoms with Crippen LogP contribution in [0.15, 0.2) is 42.5 Å². The van der Waals surface area contributed by atoms with E-state index in [-0.39, 0.29) is 12.5 Å². The number of anilines is 1. The maximum atomic E-state index is 13.6. The van der Waals surface area contributed by atoms with Crippen LogP contribution in [0.1, 0.15) is 32.7 Å². The van der Waals surface area contributed by atoms with E-state index < -0.39 is 6.04 Å². The highest BCUT2D eigenvalue weighted by Gasteiger charge is 2.35. The van der Waals surface area contributed by atoms with Crippen LogP contribution in [-0.2, 0) is 30.7 Å². The molecule has 1 aromatic heterocycles. The van der Waals surface area contributed by atoms with E-state index in [2.05, 4.69) is 23.1 Å². The van der Waals surface area contributed by atoms with Crippen LogP contribution in [-0.4, -0.2) is 78.7 Å². The number of aldehydes is 1. The summed E-state index contributed by atoms with van der Waals surface area (Å²) in [6.45, 7) is 3.07. The zero-order valence-corrected chi connectivity index (χ0v) is 22.2. The lowest BCUT2D eigenvalue weighted by molar-refractivity contribution is -0.123. The van der Waals surface area contributed by atoms with Gasteiger partial charge in [-0.25, -0.2) is 4.68 Å². The van der Waals surface area contributed by atoms with E-state index in [0.29, 0.717) is 35.9 Å². The highest BCUT2D eigenvalue weighted by Crippen LogP contribution is 2.39. The predicted octanol–water partition coefficient (Wildman–Crippen LogP) is 3.28. The van der Waals surface area contributed by atoms with Crippen molar-refractivity contribution in [3.63, 3.8) is 0 Å². The molecule has 9 heteroatoms. The lowest BCUT2D eigenvalue weighted by atomic mass is 9.96. The molecule has 3 heterocycles. The van der Waals surface area contributed by atoms with Crippen molar-refractivity contribution in [3.05, 3.63) is 75.6 Å². The smallest absolute Gasteiger partial charge is 0.247 e. The molecule has 0 radical (unpaired) electrons. The van der Waals surface area contributed by atoms with Crippen molar-refractivity contribution < 1.29 is 14.3 Å². The summed E-state index contributed by atoms with van der Waals surface area (Å²) >= 11 is 6.66. The maximum Gasteiger partial charge on any atom is 0.247 e. The highest BCUT2D eigenvalue weighted by molar-refractivity contribution is 6.30. The second-order valence-corrected chi connectivity index (χ2v) is 10.3. The Morgan fingerprint density at radius 2 is 1.97 bits per heavy atom. The Hall–Kier alpha value is -3.20. The zero-order valence-electron chi connectivity index (χ0n) is 21.5. The SMILES string of the molecule is CN1CCc2c(ccc3c2N(C)C(=O)C(N(C)CCc2c(C=O)nn(Cc4ccccc4)c2Cl)CO3)C1. The zero-order chi connectivity index (χ0) is 26.1. The summed E-state index contributed by atoms with van der Waals surface area (Å²) in [6, 6.07) is 13.5. The van der Waals surface area contributed by atoms with Gasteiger partial charge in [0.1, 0.15) is 29.2 Å². The number of benzene rings is 2. The molecule has 3 aromatic rings. The summed E-state index contributed by atoms with van der Waals surface area (Å²) in [5, 5.41) is 4.87. The molecular weight excluding hydrogens is 490 g/mol. The molecule has 0 spiro atoms. The minimum atomic E-state index is -0.461. The van der Waals surface area contributed by atoms with Gasteiger partial charge in [-0.2, -0.15) is 5.10 Å². The Morgan fingerprint density at radius 3 is 2.73 bits per heavy atom. The van der Waals surface area contributed by atoms with Crippen LogP contribution in [0.3, 0.4) is 0 Å². The number of nitrogens with zero attached hydrogens (tertiary/aromatic N) is 5. The van der Waals surface area contributed by atoms with Gasteiger partial charge in [0.05, 0.1) is 12.2 Å². The molecule has 0 N–H and O–H groups in total. The third-order valence-corrected chi connectivity index (χ3v) is 7.84. The van der Waals surface area contributed by atoms with Gasteiger partial charge in [0.15, 0.2) is 6.29 Å². The molecule has 194 valence electrons. The molecule has 2 aromatic carbocycles. The molecule has 1 unspecified atom stereocenters. The normalized spacial score (nSPS) is 17.8. The second-order valence-electron chi connectivity index (χ2n) is 9.91. The Morgan fingerprint density at radius 1 is 1.19 bits per heavy atom. The summed E-state index contributed by atoms with van der Waals surface area (Å²) < 4.78 is 7.84. The van der Waals surface area contributed by atoms with E-state index in [9.17, 15) is 9.59 Å². The topological polar surface area (TPSA) is 70.9 Å². The third-order valence-electron chi connectivity index (χ3n) is 7.42. The summed E-state index contributed by atoms with van der Waals surface area (Å²) in [6.07, 6.45) is 2.12. The van der Waals surface area contributed by atoms with Crippen LogP contribution in [0.5, 0.6) is 5.75 Å². The Bertz CT molecular complexity index is 1310. The highest BCUT2D eigenvalue weighted by atomic mass is 35.5. The van der Waals surface area contributed by atoms with Crippen LogP contribution in [0.2, 0.25) is 5.15 Å². The number of carbonyl (C=O) groups is 2. The molecular formula is C28H32ClN5O3. The summed E-state index contributed by atoms with van der Waals surface area (Å²) in [7, 11) is 5.85. The van der Waals surface area contributed by atoms with Crippen LogP contribution < -0.4 is 9.64 Å². The Balaban J connectivity index is 1.31. The van der Waals surface area contributed by atoms with Crippen molar-refractivity contribution in [2.75, 3.05) is 45.7 Å². The van der Waals surface area contributed by atoms with Crippen molar-refractivity contribution in [1.29, 1.82) is 0 Å². The molecule has 1 atom stereocenters. The molecule has 2 aliphatic rings. The molecule has 0 fully saturated rings. The predicted molar refractivity (Wildman–Crippen MR) is 144 cm³/mol. The number of halogens is 1. The molecule has 0 saturated carbocycles. The number of carbonyl (C=O) groups excluding carboxylic acids is 2. The number of fused-ring (bicyclic) bond motifs is 3. The average Bonchev–Trinajstić information content (AvgIpc) is 3.13. The van der Waals surface area contributed by atoms with Crippen molar-refractivity contribution in [1.82, 2.24) is 19.6 Å². The molecule has 8 nitrogen and oxygen atoms in total. The first-order valence-electron chi connectivity index (χ1n) is 12.6. The van der Waals surface area contributed by atoms with Crippen molar-refractivity contribution in [2.24, 2.45) is 0 Å². The third kappa shape index (κ3) is 5.01. The van der Waals surface area contributed by atoms with Gasteiger partial charge in [-0.1, -0.05) is 48.0 Å². The lowest BCUT2D eigenvalue weighted by Crippen LogP contribution is -2.48. The van der Waals surface area contributed by atoms with Crippen molar-refractivity contribution in [3.8, 4) is 5.75 Å². The van der Waals surface area contributed by atoms with Gasteiger partial charge in [-0.05, 0) is 49.7 Å². The van der Waals surface area contributed by atoms with Gasteiger partial charge >= 0.3 is 0 Å². The second kappa shape index (κ2) is 10.7. The standard InChI is InChI=1S/C28H32ClN5O3/c1-31-13-11-21-20(16-31)9-10-25-26(21)33(3)28(36)24(18-37-25)32(2)14-12-22-23(17-35)30-34(27(22)29)15-19-7-5-4-6-8-19/h4-10,17,24H,11-16,18H2,1-3H3. The van der Waals surface area contributed by atoms with E-state index in [1.807, 2.05) is 55.4 Å². The lowest BCUT2D eigenvalue weighted by Gasteiger charge is -2.31. The monoisotopic (exact) mass is 521 g/mol. The quantitative estimate of drug-likeness (QED) is 0.444. The first kappa shape index (κ1) is 25.4. The largest absolute Gasteiger partial charge is 0.489 e. The van der Waals surface area contributed by atoms with Crippen LogP contribution in [0, 0.1) is 0 Å². The number of hydrogen-bond acceptors (Lipinski definition) is 6. The number of aromatic nitrogens is 2. The minimum Gasteiger partial charge on any atom is -0.489 e. The van der Waals surface area contributed by atoms with Gasteiger partial charge in [-0.15, -0.1) is 0 Å². The molecule has 0 aliphatic carbocycles. The molecule has 2 aliphatic heterocycles. The fourth-order valence-corrected chi connectivity index (χ4v) is 5.55.